The average Bonchev–Trinajstić information content (AvgIpc) is 2.92. The molecule has 2 unspecified atom stereocenters. The predicted molar refractivity (Wildman–Crippen MR) is 94.9 cm³/mol. The number of alkyl halides is 3. The van der Waals surface area contributed by atoms with Crippen molar-refractivity contribution < 1.29 is 32.6 Å². The fourth-order valence-electron chi connectivity index (χ4n) is 3.74. The van der Waals surface area contributed by atoms with Gasteiger partial charge in [0.1, 0.15) is 5.75 Å². The van der Waals surface area contributed by atoms with Gasteiger partial charge in [-0.1, -0.05) is 30.3 Å². The summed E-state index contributed by atoms with van der Waals surface area (Å²) in [4.78, 5) is 26.5. The van der Waals surface area contributed by atoms with Crippen LogP contribution in [0, 0.1) is 0 Å². The fourth-order valence-corrected chi connectivity index (χ4v) is 3.74. The van der Waals surface area contributed by atoms with Gasteiger partial charge >= 0.3 is 12.2 Å². The van der Waals surface area contributed by atoms with Gasteiger partial charge in [-0.2, -0.15) is 13.2 Å². The molecule has 4 rings (SSSR count). The molecule has 2 aromatic carbocycles. The number of ether oxygens (including phenoxy) is 1. The van der Waals surface area contributed by atoms with Crippen LogP contribution in [0.2, 0.25) is 0 Å². The van der Waals surface area contributed by atoms with Crippen molar-refractivity contribution in [2.24, 2.45) is 0 Å². The number of aliphatic hydroxyl groups excluding tert-OH is 1. The highest BCUT2D eigenvalue weighted by Crippen LogP contribution is 2.41. The van der Waals surface area contributed by atoms with Gasteiger partial charge in [0.25, 0.3) is 5.91 Å². The molecule has 9 heteroatoms. The number of rotatable bonds is 3. The monoisotopic (exact) mass is 406 g/mol. The number of halogens is 3. The maximum absolute atomic E-state index is 13.1. The smallest absolute Gasteiger partial charge is 0.416 e. The largest absolute Gasteiger partial charge is 0.493 e. The number of fused-ring (bicyclic) bond motifs is 2. The Kier molecular flexibility index (Phi) is 4.49. The molecule has 2 heterocycles. The van der Waals surface area contributed by atoms with Gasteiger partial charge in [0.05, 0.1) is 24.8 Å². The van der Waals surface area contributed by atoms with Crippen molar-refractivity contribution in [1.29, 1.82) is 0 Å². The van der Waals surface area contributed by atoms with Gasteiger partial charge in [0.15, 0.2) is 5.54 Å². The van der Waals surface area contributed by atoms with E-state index in [2.05, 4.69) is 5.32 Å². The fraction of sp³-hybridized carbons (Fsp3) is 0.300. The predicted octanol–water partition coefficient (Wildman–Crippen LogP) is 2.97. The molecule has 1 saturated heterocycles. The molecular formula is C20H17F3N2O4. The molecule has 2 atom stereocenters. The summed E-state index contributed by atoms with van der Waals surface area (Å²) in [6.45, 7) is -0.246. The molecule has 0 aromatic heterocycles. The first-order valence-electron chi connectivity index (χ1n) is 8.94. The second-order valence-electron chi connectivity index (χ2n) is 6.98. The van der Waals surface area contributed by atoms with Gasteiger partial charge in [0, 0.05) is 12.0 Å². The third-order valence-corrected chi connectivity index (χ3v) is 5.21. The van der Waals surface area contributed by atoms with E-state index in [9.17, 15) is 27.9 Å². The highest BCUT2D eigenvalue weighted by Gasteiger charge is 2.55. The number of β-amino-alcohol motifs (C(OH)–C–C–N with tert-alkyl or cyclic N) is 1. The number of nitrogens with zero attached hydrogens (tertiary/aromatic N) is 1. The maximum atomic E-state index is 13.1. The van der Waals surface area contributed by atoms with E-state index in [1.165, 1.54) is 12.1 Å². The van der Waals surface area contributed by atoms with E-state index in [0.717, 1.165) is 17.0 Å². The molecule has 2 aromatic rings. The molecule has 0 radical (unpaired) electrons. The van der Waals surface area contributed by atoms with E-state index in [4.69, 9.17) is 4.74 Å². The van der Waals surface area contributed by atoms with Crippen LogP contribution in [0.5, 0.6) is 5.75 Å². The molecule has 0 bridgehead atoms. The van der Waals surface area contributed by atoms with Crippen LogP contribution in [0.1, 0.15) is 29.2 Å². The van der Waals surface area contributed by atoms with Gasteiger partial charge < -0.3 is 15.2 Å². The Hall–Kier alpha value is -3.07. The number of imide groups is 1. The lowest BCUT2D eigenvalue weighted by Gasteiger charge is -2.33. The molecule has 152 valence electrons. The number of para-hydroxylation sites is 1. The van der Waals surface area contributed by atoms with Crippen LogP contribution >= 0.6 is 0 Å². The first kappa shape index (κ1) is 19.3. The number of hydrogen-bond acceptors (Lipinski definition) is 4. The summed E-state index contributed by atoms with van der Waals surface area (Å²) in [6.07, 6.45) is -5.81. The van der Waals surface area contributed by atoms with Gasteiger partial charge in [0.2, 0.25) is 0 Å². The molecule has 1 spiro atoms. The van der Waals surface area contributed by atoms with E-state index in [1.54, 1.807) is 24.3 Å². The normalized spacial score (nSPS) is 22.3. The van der Waals surface area contributed by atoms with Crippen LogP contribution in [0.25, 0.3) is 0 Å². The first-order valence-corrected chi connectivity index (χ1v) is 8.94. The van der Waals surface area contributed by atoms with Crippen molar-refractivity contribution in [3.8, 4) is 5.75 Å². The first-order chi connectivity index (χ1) is 13.7. The van der Waals surface area contributed by atoms with Crippen LogP contribution in [-0.2, 0) is 16.5 Å². The second kappa shape index (κ2) is 6.77. The van der Waals surface area contributed by atoms with E-state index < -0.39 is 41.9 Å². The average molecular weight is 406 g/mol. The van der Waals surface area contributed by atoms with E-state index in [-0.39, 0.29) is 18.6 Å². The Bertz CT molecular complexity index is 978. The minimum Gasteiger partial charge on any atom is -0.493 e. The summed E-state index contributed by atoms with van der Waals surface area (Å²) in [5.41, 5.74) is -1.74. The molecule has 1 fully saturated rings. The minimum atomic E-state index is -4.56. The van der Waals surface area contributed by atoms with Crippen LogP contribution < -0.4 is 10.1 Å². The Morgan fingerprint density at radius 1 is 1.17 bits per heavy atom. The SMILES string of the molecule is O=C1NC2(CCOc3ccccc32)C(=O)N1CC(O)c1cccc(C(F)(F)F)c1. The number of amides is 3. The Balaban J connectivity index is 1.60. The van der Waals surface area contributed by atoms with Gasteiger partial charge in [-0.15, -0.1) is 0 Å². The lowest BCUT2D eigenvalue weighted by Crippen LogP contribution is -2.47. The van der Waals surface area contributed by atoms with E-state index in [1.807, 2.05) is 0 Å². The minimum absolute atomic E-state index is 0.0336. The van der Waals surface area contributed by atoms with Crippen molar-refractivity contribution >= 4 is 11.9 Å². The molecule has 29 heavy (non-hydrogen) atoms. The Labute approximate surface area is 163 Å². The molecule has 2 N–H and O–H groups in total. The van der Waals surface area contributed by atoms with Crippen molar-refractivity contribution in [2.75, 3.05) is 13.2 Å². The molecular weight excluding hydrogens is 389 g/mol. The van der Waals surface area contributed by atoms with E-state index in [0.29, 0.717) is 11.3 Å². The lowest BCUT2D eigenvalue weighted by molar-refractivity contribution is -0.138. The number of hydrogen-bond donors (Lipinski definition) is 2. The molecule has 0 aliphatic carbocycles. The van der Waals surface area contributed by atoms with Gasteiger partial charge in [-0.25, -0.2) is 4.79 Å². The number of urea groups is 1. The van der Waals surface area contributed by atoms with Crippen molar-refractivity contribution in [3.05, 3.63) is 65.2 Å². The Morgan fingerprint density at radius 2 is 1.93 bits per heavy atom. The summed E-state index contributed by atoms with van der Waals surface area (Å²) in [6, 6.07) is 10.3. The molecule has 2 aliphatic rings. The summed E-state index contributed by atoms with van der Waals surface area (Å²) < 4.78 is 44.3. The summed E-state index contributed by atoms with van der Waals surface area (Å²) in [5.74, 6) is -0.0862. The van der Waals surface area contributed by atoms with Crippen molar-refractivity contribution in [3.63, 3.8) is 0 Å². The number of benzene rings is 2. The topological polar surface area (TPSA) is 78.9 Å². The van der Waals surface area contributed by atoms with Crippen molar-refractivity contribution in [2.45, 2.75) is 24.2 Å². The van der Waals surface area contributed by atoms with Crippen LogP contribution in [0.4, 0.5) is 18.0 Å². The summed E-state index contributed by atoms with van der Waals surface area (Å²) in [5, 5.41) is 13.1. The van der Waals surface area contributed by atoms with Crippen LogP contribution in [0.15, 0.2) is 48.5 Å². The second-order valence-corrected chi connectivity index (χ2v) is 6.98. The summed E-state index contributed by atoms with van der Waals surface area (Å²) >= 11 is 0. The number of carbonyl (C=O) groups excluding carboxylic acids is 2. The maximum Gasteiger partial charge on any atom is 0.416 e. The van der Waals surface area contributed by atoms with E-state index >= 15 is 0 Å². The van der Waals surface area contributed by atoms with Crippen molar-refractivity contribution in [1.82, 2.24) is 10.2 Å². The quantitative estimate of drug-likeness (QED) is 0.769. The number of aliphatic hydroxyl groups is 1. The van der Waals surface area contributed by atoms with Gasteiger partial charge in [-0.05, 0) is 23.8 Å². The molecule has 0 saturated carbocycles. The van der Waals surface area contributed by atoms with Crippen LogP contribution in [-0.4, -0.2) is 35.1 Å². The highest BCUT2D eigenvalue weighted by molar-refractivity contribution is 6.08. The third-order valence-electron chi connectivity index (χ3n) is 5.21. The molecule has 2 aliphatic heterocycles. The zero-order valence-corrected chi connectivity index (χ0v) is 15.1. The third kappa shape index (κ3) is 3.21. The summed E-state index contributed by atoms with van der Waals surface area (Å²) in [7, 11) is 0. The molecule has 6 nitrogen and oxygen atoms in total. The lowest BCUT2D eigenvalue weighted by atomic mass is 9.84. The highest BCUT2D eigenvalue weighted by atomic mass is 19.4. The zero-order valence-electron chi connectivity index (χ0n) is 15.1. The molecule has 3 amide bonds. The number of nitrogens with one attached hydrogen (secondary N) is 1. The zero-order chi connectivity index (χ0) is 20.8. The Morgan fingerprint density at radius 3 is 2.69 bits per heavy atom. The number of carbonyl (C=O) groups is 2. The van der Waals surface area contributed by atoms with Crippen LogP contribution in [0.3, 0.4) is 0 Å². The standard InChI is InChI=1S/C20H17F3N2O4/c21-20(22,23)13-5-3-4-12(10-13)15(26)11-25-17(27)19(24-18(25)28)8-9-29-16-7-2-1-6-14(16)19/h1-7,10,15,26H,8-9,11H2,(H,24,28). The van der Waals surface area contributed by atoms with Gasteiger partial charge in [-0.3, -0.25) is 9.69 Å².